The van der Waals surface area contributed by atoms with E-state index >= 15 is 0 Å². The summed E-state index contributed by atoms with van der Waals surface area (Å²) < 4.78 is 8.83. The second-order valence-corrected chi connectivity index (χ2v) is 7.46. The Morgan fingerprint density at radius 2 is 0.800 bits per heavy atom. The molecule has 0 aromatic carbocycles. The molecule has 220 valence electrons. The lowest BCUT2D eigenvalue weighted by atomic mass is 10.4. The SMILES string of the molecule is O=C(COCC(=O)ON1C(=O)CCC1=O)ON1C(=O)CCC1=O.O=C(O)COCC(=O)O.O=C1CCC(=O)N1O. The van der Waals surface area contributed by atoms with Gasteiger partial charge in [-0.25, -0.2) is 19.2 Å². The highest BCUT2D eigenvalue weighted by Gasteiger charge is 2.34. The maximum absolute atomic E-state index is 11.4. The average molecular weight is 577 g/mol. The Kier molecular flexibility index (Phi) is 13.5. The molecule has 0 saturated carbocycles. The summed E-state index contributed by atoms with van der Waals surface area (Å²) in [4.78, 5) is 116. The fourth-order valence-electron chi connectivity index (χ4n) is 2.58. The predicted octanol–water partition coefficient (Wildman–Crippen LogP) is -3.09. The quantitative estimate of drug-likeness (QED) is 0.171. The molecule has 20 nitrogen and oxygen atoms in total. The van der Waals surface area contributed by atoms with E-state index in [0.29, 0.717) is 10.1 Å². The maximum Gasteiger partial charge on any atom is 0.358 e. The first-order valence-electron chi connectivity index (χ1n) is 11.0. The van der Waals surface area contributed by atoms with Crippen LogP contribution < -0.4 is 0 Å². The molecule has 3 N–H and O–H groups in total. The lowest BCUT2D eigenvalue weighted by Gasteiger charge is -2.13. The van der Waals surface area contributed by atoms with Gasteiger partial charge in [-0.2, -0.15) is 5.06 Å². The van der Waals surface area contributed by atoms with Gasteiger partial charge in [-0.05, 0) is 0 Å². The van der Waals surface area contributed by atoms with Gasteiger partial charge in [-0.1, -0.05) is 0 Å². The number of nitrogens with zero attached hydrogens (tertiary/aromatic N) is 3. The molecule has 40 heavy (non-hydrogen) atoms. The molecule has 0 unspecified atom stereocenters. The second-order valence-electron chi connectivity index (χ2n) is 7.46. The van der Waals surface area contributed by atoms with Gasteiger partial charge >= 0.3 is 23.9 Å². The topological polar surface area (TPSA) is 278 Å². The fourth-order valence-corrected chi connectivity index (χ4v) is 2.58. The van der Waals surface area contributed by atoms with Gasteiger partial charge in [0.25, 0.3) is 35.4 Å². The Morgan fingerprint density at radius 1 is 0.525 bits per heavy atom. The Morgan fingerprint density at radius 3 is 1.05 bits per heavy atom. The molecule has 0 aliphatic carbocycles. The van der Waals surface area contributed by atoms with Crippen LogP contribution in [0.25, 0.3) is 0 Å². The van der Waals surface area contributed by atoms with E-state index in [0.717, 1.165) is 0 Å². The number of carboxylic acid groups (broad SMARTS) is 2. The number of hydroxylamine groups is 6. The molecule has 3 rings (SSSR count). The van der Waals surface area contributed by atoms with Crippen LogP contribution in [0.15, 0.2) is 0 Å². The van der Waals surface area contributed by atoms with Crippen molar-refractivity contribution in [3.05, 3.63) is 0 Å². The molecule has 0 atom stereocenters. The lowest BCUT2D eigenvalue weighted by molar-refractivity contribution is -0.205. The monoisotopic (exact) mass is 577 g/mol. The summed E-state index contributed by atoms with van der Waals surface area (Å²) in [6.07, 6.45) is 0.118. The van der Waals surface area contributed by atoms with Crippen LogP contribution in [-0.2, 0) is 67.1 Å². The van der Waals surface area contributed by atoms with Crippen LogP contribution in [0.2, 0.25) is 0 Å². The molecular weight excluding hydrogens is 554 g/mol. The van der Waals surface area contributed by atoms with Crippen molar-refractivity contribution >= 4 is 59.3 Å². The molecule has 3 fully saturated rings. The number of ether oxygens (including phenoxy) is 2. The zero-order valence-electron chi connectivity index (χ0n) is 20.5. The molecule has 0 aromatic heterocycles. The highest BCUT2D eigenvalue weighted by molar-refractivity contribution is 6.02. The maximum atomic E-state index is 11.4. The minimum Gasteiger partial charge on any atom is -0.480 e. The van der Waals surface area contributed by atoms with Crippen LogP contribution in [-0.4, -0.2) is 116 Å². The largest absolute Gasteiger partial charge is 0.480 e. The molecule has 0 aromatic rings. The summed E-state index contributed by atoms with van der Waals surface area (Å²) in [5.41, 5.74) is 0. The van der Waals surface area contributed by atoms with Gasteiger partial charge in [0.2, 0.25) is 0 Å². The van der Waals surface area contributed by atoms with Crippen LogP contribution in [0.5, 0.6) is 0 Å². The van der Waals surface area contributed by atoms with Crippen LogP contribution in [0.3, 0.4) is 0 Å². The minimum atomic E-state index is -1.17. The fraction of sp³-hybridized carbons (Fsp3) is 0.500. The summed E-state index contributed by atoms with van der Waals surface area (Å²) in [7, 11) is 0. The summed E-state index contributed by atoms with van der Waals surface area (Å²) in [5.74, 6) is -8.05. The highest BCUT2D eigenvalue weighted by atomic mass is 16.7. The van der Waals surface area contributed by atoms with E-state index < -0.39 is 85.7 Å². The van der Waals surface area contributed by atoms with Crippen molar-refractivity contribution in [2.45, 2.75) is 38.5 Å². The Labute approximate surface area is 222 Å². The highest BCUT2D eigenvalue weighted by Crippen LogP contribution is 2.13. The number of rotatable bonds is 10. The van der Waals surface area contributed by atoms with Crippen LogP contribution in [0, 0.1) is 0 Å². The van der Waals surface area contributed by atoms with Crippen molar-refractivity contribution in [1.29, 1.82) is 0 Å². The smallest absolute Gasteiger partial charge is 0.358 e. The number of carboxylic acids is 2. The number of amides is 6. The van der Waals surface area contributed by atoms with Gasteiger partial charge in [0.05, 0.1) is 0 Å². The first kappa shape index (κ1) is 33.2. The minimum absolute atomic E-state index is 0.0445. The predicted molar refractivity (Wildman–Crippen MR) is 114 cm³/mol. The van der Waals surface area contributed by atoms with Gasteiger partial charge < -0.3 is 29.4 Å². The van der Waals surface area contributed by atoms with Crippen molar-refractivity contribution < 1.29 is 82.5 Å². The van der Waals surface area contributed by atoms with Gasteiger partial charge in [-0.3, -0.25) is 34.0 Å². The second kappa shape index (κ2) is 16.2. The number of hydrogen-bond acceptors (Lipinski definition) is 15. The normalized spacial score (nSPS) is 16.4. The van der Waals surface area contributed by atoms with Crippen molar-refractivity contribution in [2.24, 2.45) is 0 Å². The molecule has 0 spiro atoms. The van der Waals surface area contributed by atoms with Crippen LogP contribution >= 0.6 is 0 Å². The van der Waals surface area contributed by atoms with Crippen molar-refractivity contribution in [1.82, 2.24) is 15.2 Å². The number of carbonyl (C=O) groups excluding carboxylic acids is 8. The lowest BCUT2D eigenvalue weighted by Crippen LogP contribution is -2.35. The van der Waals surface area contributed by atoms with E-state index in [-0.39, 0.29) is 43.6 Å². The van der Waals surface area contributed by atoms with E-state index in [1.54, 1.807) is 0 Å². The van der Waals surface area contributed by atoms with Gasteiger partial charge in [-0.15, -0.1) is 10.1 Å². The number of imide groups is 3. The molecule has 3 heterocycles. The molecule has 0 radical (unpaired) electrons. The molecule has 20 heteroatoms. The zero-order chi connectivity index (χ0) is 30.4. The first-order valence-corrected chi connectivity index (χ1v) is 11.0. The molecule has 3 aliphatic heterocycles. The average Bonchev–Trinajstić information content (AvgIpc) is 3.47. The number of aliphatic carboxylic acids is 2. The Hall–Kier alpha value is -4.82. The van der Waals surface area contributed by atoms with E-state index in [9.17, 15) is 47.9 Å². The zero-order valence-corrected chi connectivity index (χ0v) is 20.5. The van der Waals surface area contributed by atoms with Crippen molar-refractivity contribution in [2.75, 3.05) is 26.4 Å². The summed E-state index contributed by atoms with van der Waals surface area (Å²) in [5, 5.41) is 25.1. The third kappa shape index (κ3) is 11.7. The third-order valence-corrected chi connectivity index (χ3v) is 4.31. The standard InChI is InChI=1S/C12H12N2O9.C4H5NO3.C4H6O5/c15-7-1-2-8(16)13(7)22-11(19)5-21-6-12(20)23-14-9(17)3-4-10(14)18;6-3-1-2-4(7)5(3)8;5-3(6)1-9-2-4(7)8/h1-6H2;8H,1-2H2;1-2H2,(H,5,6)(H,7,8). The van der Waals surface area contributed by atoms with E-state index in [1.165, 1.54) is 0 Å². The molecule has 0 bridgehead atoms. The summed E-state index contributed by atoms with van der Waals surface area (Å²) in [6.45, 7) is -2.58. The van der Waals surface area contributed by atoms with Crippen molar-refractivity contribution in [3.8, 4) is 0 Å². The summed E-state index contributed by atoms with van der Waals surface area (Å²) in [6, 6.07) is 0. The molecule has 6 amide bonds. The third-order valence-electron chi connectivity index (χ3n) is 4.31. The first-order chi connectivity index (χ1) is 18.7. The van der Waals surface area contributed by atoms with E-state index in [1.807, 2.05) is 0 Å². The molecular formula is C20H23N3O17. The number of hydrogen-bond donors (Lipinski definition) is 3. The van der Waals surface area contributed by atoms with E-state index in [2.05, 4.69) is 19.1 Å². The molecule has 3 aliphatic rings. The van der Waals surface area contributed by atoms with Gasteiger partial charge in [0.15, 0.2) is 0 Å². The van der Waals surface area contributed by atoms with Gasteiger partial charge in [0.1, 0.15) is 26.4 Å². The molecule has 3 saturated heterocycles. The number of carbonyl (C=O) groups is 10. The Bertz CT molecular complexity index is 958. The van der Waals surface area contributed by atoms with Crippen LogP contribution in [0.1, 0.15) is 38.5 Å². The van der Waals surface area contributed by atoms with Crippen molar-refractivity contribution in [3.63, 3.8) is 0 Å². The van der Waals surface area contributed by atoms with E-state index in [4.69, 9.17) is 15.4 Å². The summed E-state index contributed by atoms with van der Waals surface area (Å²) >= 11 is 0. The van der Waals surface area contributed by atoms with Gasteiger partial charge in [0, 0.05) is 38.5 Å². The Balaban J connectivity index is 0.000000384. The van der Waals surface area contributed by atoms with Crippen LogP contribution in [0.4, 0.5) is 0 Å².